The second-order valence-corrected chi connectivity index (χ2v) is 9.19. The number of nitrogens with one attached hydrogen (secondary N) is 1. The molecule has 0 saturated carbocycles. The van der Waals surface area contributed by atoms with Crippen LogP contribution in [0.15, 0.2) is 78.0 Å². The number of hydrogen-bond donors (Lipinski definition) is 1. The summed E-state index contributed by atoms with van der Waals surface area (Å²) in [6.07, 6.45) is 4.59. The van der Waals surface area contributed by atoms with Crippen LogP contribution in [0.25, 0.3) is 17.7 Å². The molecule has 0 fully saturated rings. The number of methoxy groups -OCH3 is 2. The fourth-order valence-electron chi connectivity index (χ4n) is 3.13. The summed E-state index contributed by atoms with van der Waals surface area (Å²) in [5, 5.41) is 0. The number of benzene rings is 2. The Hall–Kier alpha value is -4.51. The Morgan fingerprint density at radius 3 is 2.17 bits per heavy atom. The Labute approximate surface area is 208 Å². The van der Waals surface area contributed by atoms with Gasteiger partial charge in [0.15, 0.2) is 23.1 Å². The van der Waals surface area contributed by atoms with Gasteiger partial charge in [0.2, 0.25) is 11.6 Å². The van der Waals surface area contributed by atoms with Crippen LogP contribution in [0.5, 0.6) is 23.1 Å². The first-order valence-corrected chi connectivity index (χ1v) is 12.2. The first-order valence-electron chi connectivity index (χ1n) is 10.7. The number of hydrogen-bond acceptors (Lipinski definition) is 9. The molecule has 0 aliphatic heterocycles. The minimum atomic E-state index is -4.05. The van der Waals surface area contributed by atoms with Crippen molar-refractivity contribution >= 4 is 21.9 Å². The molecule has 36 heavy (non-hydrogen) atoms. The molecule has 4 aromatic rings. The van der Waals surface area contributed by atoms with Crippen molar-refractivity contribution in [3.63, 3.8) is 0 Å². The van der Waals surface area contributed by atoms with Gasteiger partial charge in [0, 0.05) is 12.4 Å². The second kappa shape index (κ2) is 10.8. The molecular weight excluding hydrogens is 482 g/mol. The van der Waals surface area contributed by atoms with Crippen LogP contribution in [-0.4, -0.2) is 42.6 Å². The van der Waals surface area contributed by atoms with E-state index >= 15 is 0 Å². The third kappa shape index (κ3) is 5.58. The van der Waals surface area contributed by atoms with Crippen molar-refractivity contribution in [2.24, 2.45) is 0 Å². The van der Waals surface area contributed by atoms with Crippen LogP contribution in [0.1, 0.15) is 12.5 Å². The number of aromatic nitrogens is 4. The van der Waals surface area contributed by atoms with Gasteiger partial charge in [-0.3, -0.25) is 4.72 Å². The number of allylic oxidation sites excluding steroid dienone is 1. The first-order chi connectivity index (χ1) is 17.4. The van der Waals surface area contributed by atoms with Crippen molar-refractivity contribution in [2.45, 2.75) is 6.92 Å². The first kappa shape index (κ1) is 24.6. The number of rotatable bonds is 9. The van der Waals surface area contributed by atoms with E-state index in [1.807, 2.05) is 18.2 Å². The van der Waals surface area contributed by atoms with Gasteiger partial charge in [0.05, 0.1) is 19.1 Å². The van der Waals surface area contributed by atoms with E-state index in [2.05, 4.69) is 24.7 Å². The number of para-hydroxylation sites is 2. The highest BCUT2D eigenvalue weighted by molar-refractivity contribution is 7.96. The molecule has 0 spiro atoms. The third-order valence-electron chi connectivity index (χ3n) is 4.90. The Morgan fingerprint density at radius 2 is 1.50 bits per heavy atom. The summed E-state index contributed by atoms with van der Waals surface area (Å²) in [6.45, 7) is 1.48. The van der Waals surface area contributed by atoms with Crippen LogP contribution in [0, 0.1) is 0 Å². The lowest BCUT2D eigenvalue weighted by molar-refractivity contribution is 0.348. The lowest BCUT2D eigenvalue weighted by atomic mass is 10.2. The van der Waals surface area contributed by atoms with Crippen molar-refractivity contribution in [1.29, 1.82) is 0 Å². The highest BCUT2D eigenvalue weighted by atomic mass is 32.2. The summed E-state index contributed by atoms with van der Waals surface area (Å²) in [7, 11) is -1.18. The number of anilines is 1. The fourth-order valence-corrected chi connectivity index (χ4v) is 3.97. The monoisotopic (exact) mass is 505 g/mol. The molecule has 0 aliphatic carbocycles. The summed E-state index contributed by atoms with van der Waals surface area (Å²) in [5.41, 5.74) is 0.726. The van der Waals surface area contributed by atoms with E-state index in [0.717, 1.165) is 5.56 Å². The van der Waals surface area contributed by atoms with E-state index in [9.17, 15) is 8.42 Å². The van der Waals surface area contributed by atoms with E-state index in [-0.39, 0.29) is 34.0 Å². The summed E-state index contributed by atoms with van der Waals surface area (Å²) < 4.78 is 45.9. The van der Waals surface area contributed by atoms with Gasteiger partial charge < -0.3 is 14.2 Å². The molecule has 2 aromatic heterocycles. The van der Waals surface area contributed by atoms with E-state index < -0.39 is 10.0 Å². The molecule has 1 N–H and O–H groups in total. The minimum Gasteiger partial charge on any atom is -0.493 e. The van der Waals surface area contributed by atoms with Crippen molar-refractivity contribution in [1.82, 2.24) is 19.9 Å². The van der Waals surface area contributed by atoms with Crippen molar-refractivity contribution < 1.29 is 22.6 Å². The normalized spacial score (nSPS) is 11.6. The molecule has 2 aromatic carbocycles. The zero-order valence-electron chi connectivity index (χ0n) is 19.7. The van der Waals surface area contributed by atoms with Crippen molar-refractivity contribution in [3.05, 3.63) is 83.5 Å². The third-order valence-corrected chi connectivity index (χ3v) is 6.33. The lowest BCUT2D eigenvalue weighted by Crippen LogP contribution is -2.16. The predicted molar refractivity (Wildman–Crippen MR) is 135 cm³/mol. The van der Waals surface area contributed by atoms with Crippen LogP contribution < -0.4 is 18.9 Å². The summed E-state index contributed by atoms with van der Waals surface area (Å²) in [6, 6.07) is 17.6. The number of sulfonamides is 1. The Morgan fingerprint density at radius 1 is 0.833 bits per heavy atom. The van der Waals surface area contributed by atoms with Crippen LogP contribution in [0.2, 0.25) is 0 Å². The molecule has 10 nitrogen and oxygen atoms in total. The van der Waals surface area contributed by atoms with Gasteiger partial charge in [0.1, 0.15) is 0 Å². The average Bonchev–Trinajstić information content (AvgIpc) is 2.90. The van der Waals surface area contributed by atoms with Crippen LogP contribution in [0.4, 0.5) is 5.82 Å². The van der Waals surface area contributed by atoms with Crippen LogP contribution in [-0.2, 0) is 10.0 Å². The van der Waals surface area contributed by atoms with Gasteiger partial charge in [-0.1, -0.05) is 42.5 Å². The number of ether oxygens (including phenoxy) is 3. The van der Waals surface area contributed by atoms with Crippen LogP contribution >= 0.6 is 0 Å². The topological polar surface area (TPSA) is 125 Å². The average molecular weight is 506 g/mol. The second-order valence-electron chi connectivity index (χ2n) is 7.33. The standard InChI is InChI=1S/C25H23N5O5S/c1-17(16-18-10-5-4-6-11-18)36(31,32)30-22-21(35-20-13-8-7-12-19(20)33-2)25(34-3)29-24(28-22)23-26-14-9-15-27-23/h4-16H,1-3H3,(H,28,29,30)/b17-16+. The molecule has 4 rings (SSSR count). The maximum atomic E-state index is 13.3. The molecule has 0 radical (unpaired) electrons. The Balaban J connectivity index is 1.83. The smallest absolute Gasteiger partial charge is 0.263 e. The molecule has 0 bridgehead atoms. The maximum Gasteiger partial charge on any atom is 0.263 e. The van der Waals surface area contributed by atoms with E-state index in [0.29, 0.717) is 11.5 Å². The minimum absolute atomic E-state index is 0.0271. The Kier molecular flexibility index (Phi) is 7.40. The van der Waals surface area contributed by atoms with Gasteiger partial charge >= 0.3 is 0 Å². The summed E-state index contributed by atoms with van der Waals surface area (Å²) in [4.78, 5) is 17.1. The Bertz CT molecular complexity index is 1480. The van der Waals surface area contributed by atoms with Gasteiger partial charge in [-0.15, -0.1) is 0 Å². The zero-order chi connectivity index (χ0) is 25.5. The quantitative estimate of drug-likeness (QED) is 0.349. The highest BCUT2D eigenvalue weighted by Gasteiger charge is 2.25. The molecule has 0 saturated heterocycles. The molecule has 0 amide bonds. The highest BCUT2D eigenvalue weighted by Crippen LogP contribution is 2.41. The van der Waals surface area contributed by atoms with E-state index in [1.54, 1.807) is 48.5 Å². The largest absolute Gasteiger partial charge is 0.493 e. The van der Waals surface area contributed by atoms with Gasteiger partial charge in [-0.2, -0.15) is 4.98 Å². The van der Waals surface area contributed by atoms with E-state index in [4.69, 9.17) is 14.2 Å². The van der Waals surface area contributed by atoms with Crippen molar-refractivity contribution in [3.8, 4) is 34.8 Å². The molecule has 0 unspecified atom stereocenters. The molecule has 0 aliphatic rings. The van der Waals surface area contributed by atoms with Gasteiger partial charge in [-0.25, -0.2) is 23.4 Å². The molecule has 11 heteroatoms. The molecule has 2 heterocycles. The summed E-state index contributed by atoms with van der Waals surface area (Å²) >= 11 is 0. The lowest BCUT2D eigenvalue weighted by Gasteiger charge is -2.17. The van der Waals surface area contributed by atoms with Gasteiger partial charge in [0.25, 0.3) is 15.9 Å². The predicted octanol–water partition coefficient (Wildman–Crippen LogP) is 4.55. The molecule has 0 atom stereocenters. The van der Waals surface area contributed by atoms with Crippen molar-refractivity contribution in [2.75, 3.05) is 18.9 Å². The number of nitrogens with zero attached hydrogens (tertiary/aromatic N) is 4. The molecular formula is C25H23N5O5S. The van der Waals surface area contributed by atoms with Crippen LogP contribution in [0.3, 0.4) is 0 Å². The fraction of sp³-hybridized carbons (Fsp3) is 0.120. The van der Waals surface area contributed by atoms with E-state index in [1.165, 1.54) is 33.5 Å². The van der Waals surface area contributed by atoms with Gasteiger partial charge in [-0.05, 0) is 36.8 Å². The maximum absolute atomic E-state index is 13.3. The molecule has 184 valence electrons. The summed E-state index contributed by atoms with van der Waals surface area (Å²) in [5.74, 6) is 0.708. The zero-order valence-corrected chi connectivity index (χ0v) is 20.6. The SMILES string of the molecule is COc1ccccc1Oc1c(NS(=O)(=O)/C(C)=C/c2ccccc2)nc(-c2ncccn2)nc1OC.